The number of ether oxygens (including phenoxy) is 2. The second-order valence-corrected chi connectivity index (χ2v) is 7.30. The van der Waals surface area contributed by atoms with Crippen LogP contribution in [0.1, 0.15) is 19.8 Å². The lowest BCUT2D eigenvalue weighted by atomic mass is 9.83. The van der Waals surface area contributed by atoms with Crippen LogP contribution >= 0.6 is 22.6 Å². The predicted octanol–water partition coefficient (Wildman–Crippen LogP) is 1.28. The summed E-state index contributed by atoms with van der Waals surface area (Å²) < 4.78 is 32.5. The summed E-state index contributed by atoms with van der Waals surface area (Å²) >= 11 is 0.569. The first kappa shape index (κ1) is 11.8. The number of halogens is 1. The number of hydrogen-bond acceptors (Lipinski definition) is 5. The summed E-state index contributed by atoms with van der Waals surface area (Å²) in [5.74, 6) is 0.271. The zero-order valence-electron chi connectivity index (χ0n) is 8.76. The predicted molar refractivity (Wildman–Crippen MR) is 63.9 cm³/mol. The highest BCUT2D eigenvalue weighted by Gasteiger charge is 2.50. The lowest BCUT2D eigenvalue weighted by molar-refractivity contribution is -0.0672. The summed E-state index contributed by atoms with van der Waals surface area (Å²) in [6.45, 7) is 2.40. The van der Waals surface area contributed by atoms with Gasteiger partial charge in [0.2, 0.25) is 3.79 Å². The van der Waals surface area contributed by atoms with Gasteiger partial charge in [-0.15, -0.1) is 0 Å². The third-order valence-corrected chi connectivity index (χ3v) is 4.49. The van der Waals surface area contributed by atoms with Gasteiger partial charge in [-0.3, -0.25) is 8.37 Å². The van der Waals surface area contributed by atoms with E-state index in [0.717, 1.165) is 12.8 Å². The van der Waals surface area contributed by atoms with Gasteiger partial charge >= 0.3 is 11.4 Å². The maximum Gasteiger partial charge on any atom is 0.304 e. The standard InChI is InChI=1S/C9H13IO5S/c1-9(10)13-7-2-5-4-12-16(11)15-6(5)3-8(7)14-9/h5-8H,2-4H2,1H3. The molecule has 0 radical (unpaired) electrons. The fourth-order valence-electron chi connectivity index (χ4n) is 2.56. The van der Waals surface area contributed by atoms with Gasteiger partial charge in [-0.2, -0.15) is 4.21 Å². The number of alkyl halides is 1. The maximum atomic E-state index is 11.1. The van der Waals surface area contributed by atoms with E-state index < -0.39 is 15.2 Å². The summed E-state index contributed by atoms with van der Waals surface area (Å²) in [7, 11) is 0. The van der Waals surface area contributed by atoms with Crippen molar-refractivity contribution >= 4 is 34.0 Å². The van der Waals surface area contributed by atoms with Gasteiger partial charge in [-0.25, -0.2) is 0 Å². The molecule has 2 aliphatic heterocycles. The molecule has 0 aromatic heterocycles. The highest BCUT2D eigenvalue weighted by atomic mass is 127. The monoisotopic (exact) mass is 360 g/mol. The Morgan fingerprint density at radius 1 is 1.25 bits per heavy atom. The highest BCUT2D eigenvalue weighted by molar-refractivity contribution is 14.1. The number of fused-ring (bicyclic) bond motifs is 2. The summed E-state index contributed by atoms with van der Waals surface area (Å²) in [4.78, 5) is 0. The molecule has 0 amide bonds. The first-order valence-electron chi connectivity index (χ1n) is 5.30. The first-order valence-corrected chi connectivity index (χ1v) is 7.38. The van der Waals surface area contributed by atoms with Crippen LogP contribution in [0.2, 0.25) is 0 Å². The Kier molecular flexibility index (Phi) is 3.04. The van der Waals surface area contributed by atoms with Crippen molar-refractivity contribution in [3.05, 3.63) is 0 Å². The smallest absolute Gasteiger partial charge is 0.304 e. The zero-order valence-corrected chi connectivity index (χ0v) is 11.7. The van der Waals surface area contributed by atoms with Crippen molar-refractivity contribution in [2.75, 3.05) is 6.61 Å². The van der Waals surface area contributed by atoms with Gasteiger partial charge in [0.25, 0.3) is 0 Å². The molecule has 0 aromatic carbocycles. The molecule has 1 saturated carbocycles. The Morgan fingerprint density at radius 3 is 2.69 bits per heavy atom. The molecule has 3 aliphatic rings. The topological polar surface area (TPSA) is 54.0 Å². The van der Waals surface area contributed by atoms with Crippen LogP contribution in [0.15, 0.2) is 0 Å². The molecule has 0 spiro atoms. The van der Waals surface area contributed by atoms with Gasteiger partial charge in [-0.1, -0.05) is 0 Å². The SMILES string of the molecule is CC1(I)OC2CC3COS(=O)OC3CC2O1. The normalized spacial score (nSPS) is 56.8. The van der Waals surface area contributed by atoms with Gasteiger partial charge in [0.1, 0.15) is 0 Å². The van der Waals surface area contributed by atoms with Crippen LogP contribution in [0.3, 0.4) is 0 Å². The van der Waals surface area contributed by atoms with Crippen molar-refractivity contribution in [2.45, 2.75) is 41.9 Å². The Morgan fingerprint density at radius 2 is 1.94 bits per heavy atom. The minimum atomic E-state index is -1.58. The minimum Gasteiger partial charge on any atom is -0.336 e. The largest absolute Gasteiger partial charge is 0.336 e. The molecule has 16 heavy (non-hydrogen) atoms. The maximum absolute atomic E-state index is 11.1. The van der Waals surface area contributed by atoms with E-state index in [1.54, 1.807) is 0 Å². The van der Waals surface area contributed by atoms with E-state index >= 15 is 0 Å². The van der Waals surface area contributed by atoms with E-state index in [1.807, 2.05) is 6.92 Å². The van der Waals surface area contributed by atoms with E-state index in [2.05, 4.69) is 22.6 Å². The van der Waals surface area contributed by atoms with Gasteiger partial charge in [0, 0.05) is 12.3 Å². The number of rotatable bonds is 0. The highest BCUT2D eigenvalue weighted by Crippen LogP contribution is 2.44. The molecule has 6 unspecified atom stereocenters. The summed E-state index contributed by atoms with van der Waals surface area (Å²) in [6, 6.07) is 0. The summed E-state index contributed by atoms with van der Waals surface area (Å²) in [5, 5.41) is 0. The fraction of sp³-hybridized carbons (Fsp3) is 1.00. The molecular formula is C9H13IO5S. The van der Waals surface area contributed by atoms with E-state index in [4.69, 9.17) is 17.8 Å². The molecular weight excluding hydrogens is 347 g/mol. The third-order valence-electron chi connectivity index (χ3n) is 3.24. The Balaban J connectivity index is 1.73. The van der Waals surface area contributed by atoms with Gasteiger partial charge < -0.3 is 9.47 Å². The second-order valence-electron chi connectivity index (χ2n) is 4.50. The molecule has 0 bridgehead atoms. The van der Waals surface area contributed by atoms with Crippen molar-refractivity contribution in [1.82, 2.24) is 0 Å². The molecule has 2 saturated heterocycles. The van der Waals surface area contributed by atoms with E-state index in [-0.39, 0.29) is 24.2 Å². The Labute approximate surface area is 110 Å². The molecule has 6 atom stereocenters. The van der Waals surface area contributed by atoms with Crippen molar-refractivity contribution in [3.63, 3.8) is 0 Å². The Bertz CT molecular complexity index is 323. The van der Waals surface area contributed by atoms with Crippen molar-refractivity contribution in [3.8, 4) is 0 Å². The molecule has 3 fully saturated rings. The lowest BCUT2D eigenvalue weighted by Gasteiger charge is -2.37. The summed E-state index contributed by atoms with van der Waals surface area (Å²) in [6.07, 6.45) is 1.73. The van der Waals surface area contributed by atoms with E-state index in [0.29, 0.717) is 6.61 Å². The first-order chi connectivity index (χ1) is 7.53. The van der Waals surface area contributed by atoms with E-state index in [1.165, 1.54) is 0 Å². The molecule has 92 valence electrons. The molecule has 3 rings (SSSR count). The fourth-order valence-corrected chi connectivity index (χ4v) is 3.99. The van der Waals surface area contributed by atoms with Crippen LogP contribution in [0.25, 0.3) is 0 Å². The Hall–Kier alpha value is 0.720. The third kappa shape index (κ3) is 2.17. The van der Waals surface area contributed by atoms with Gasteiger partial charge in [-0.05, 0) is 35.9 Å². The average Bonchev–Trinajstić information content (AvgIpc) is 2.47. The van der Waals surface area contributed by atoms with Crippen LogP contribution < -0.4 is 0 Å². The van der Waals surface area contributed by atoms with Crippen LogP contribution in [0.5, 0.6) is 0 Å². The minimum absolute atomic E-state index is 0.0234. The lowest BCUT2D eigenvalue weighted by Crippen LogP contribution is -2.46. The van der Waals surface area contributed by atoms with Crippen molar-refractivity contribution in [2.24, 2.45) is 5.92 Å². The van der Waals surface area contributed by atoms with E-state index in [9.17, 15) is 4.21 Å². The number of hydrogen-bond donors (Lipinski definition) is 0. The summed E-state index contributed by atoms with van der Waals surface area (Å²) in [5.41, 5.74) is 0. The quantitative estimate of drug-likeness (QED) is 0.481. The van der Waals surface area contributed by atoms with Crippen LogP contribution in [-0.4, -0.2) is 32.9 Å². The van der Waals surface area contributed by atoms with Gasteiger partial charge in [0.15, 0.2) is 0 Å². The molecule has 0 N–H and O–H groups in total. The van der Waals surface area contributed by atoms with Crippen LogP contribution in [0.4, 0.5) is 0 Å². The average molecular weight is 360 g/mol. The second kappa shape index (κ2) is 4.13. The molecule has 1 aliphatic carbocycles. The van der Waals surface area contributed by atoms with Crippen molar-refractivity contribution in [1.29, 1.82) is 0 Å². The van der Waals surface area contributed by atoms with Crippen LogP contribution in [0, 0.1) is 5.92 Å². The molecule has 7 heteroatoms. The van der Waals surface area contributed by atoms with Crippen molar-refractivity contribution < 1.29 is 22.0 Å². The molecule has 5 nitrogen and oxygen atoms in total. The van der Waals surface area contributed by atoms with Crippen LogP contribution in [-0.2, 0) is 29.2 Å². The molecule has 0 aromatic rings. The molecule has 2 heterocycles. The van der Waals surface area contributed by atoms with Gasteiger partial charge in [0.05, 0.1) is 24.9 Å². The zero-order chi connectivity index (χ0) is 11.3.